The van der Waals surface area contributed by atoms with E-state index in [1.54, 1.807) is 0 Å². The highest BCUT2D eigenvalue weighted by atomic mass is 16.5. The summed E-state index contributed by atoms with van der Waals surface area (Å²) >= 11 is 0. The summed E-state index contributed by atoms with van der Waals surface area (Å²) in [6.07, 6.45) is 2.49. The van der Waals surface area contributed by atoms with Crippen molar-refractivity contribution in [3.8, 4) is 0 Å². The summed E-state index contributed by atoms with van der Waals surface area (Å²) in [4.78, 5) is 5.15. The van der Waals surface area contributed by atoms with Gasteiger partial charge in [-0.05, 0) is 25.0 Å². The Labute approximate surface area is 117 Å². The molecule has 0 spiro atoms. The van der Waals surface area contributed by atoms with Gasteiger partial charge in [0.2, 0.25) is 0 Å². The predicted molar refractivity (Wildman–Crippen MR) is 79.5 cm³/mol. The SMILES string of the molecule is C=C(CNCCC)CN1CCC(N2CCOCC2)C1. The molecule has 19 heavy (non-hydrogen) atoms. The van der Waals surface area contributed by atoms with E-state index >= 15 is 0 Å². The minimum absolute atomic E-state index is 0.736. The van der Waals surface area contributed by atoms with Crippen molar-refractivity contribution in [3.63, 3.8) is 0 Å². The summed E-state index contributed by atoms with van der Waals surface area (Å²) in [6, 6.07) is 0.736. The fraction of sp³-hybridized carbons (Fsp3) is 0.867. The van der Waals surface area contributed by atoms with Crippen molar-refractivity contribution < 1.29 is 4.74 Å². The molecule has 4 heteroatoms. The van der Waals surface area contributed by atoms with Crippen LogP contribution < -0.4 is 5.32 Å². The van der Waals surface area contributed by atoms with Gasteiger partial charge in [0.15, 0.2) is 0 Å². The first-order valence-electron chi connectivity index (χ1n) is 7.71. The maximum Gasteiger partial charge on any atom is 0.0594 e. The Morgan fingerprint density at radius 2 is 2.11 bits per heavy atom. The third-order valence-electron chi connectivity index (χ3n) is 4.06. The highest BCUT2D eigenvalue weighted by Crippen LogP contribution is 2.17. The monoisotopic (exact) mass is 267 g/mol. The van der Waals surface area contributed by atoms with Crippen LogP contribution in [0.4, 0.5) is 0 Å². The number of ether oxygens (including phenoxy) is 1. The summed E-state index contributed by atoms with van der Waals surface area (Å²) in [5.74, 6) is 0. The molecule has 0 aliphatic carbocycles. The molecule has 110 valence electrons. The zero-order valence-electron chi connectivity index (χ0n) is 12.4. The van der Waals surface area contributed by atoms with Gasteiger partial charge < -0.3 is 10.1 Å². The molecule has 2 aliphatic heterocycles. The van der Waals surface area contributed by atoms with Crippen LogP contribution in [0.15, 0.2) is 12.2 Å². The molecular weight excluding hydrogens is 238 g/mol. The lowest BCUT2D eigenvalue weighted by atomic mass is 10.2. The molecule has 0 bridgehead atoms. The molecule has 2 heterocycles. The maximum absolute atomic E-state index is 5.43. The van der Waals surface area contributed by atoms with Crippen LogP contribution in [-0.2, 0) is 4.74 Å². The Hall–Kier alpha value is -0.420. The molecule has 4 nitrogen and oxygen atoms in total. The largest absolute Gasteiger partial charge is 0.379 e. The first-order chi connectivity index (χ1) is 9.29. The first kappa shape index (κ1) is 15.0. The smallest absolute Gasteiger partial charge is 0.0594 e. The van der Waals surface area contributed by atoms with Gasteiger partial charge in [-0.3, -0.25) is 9.80 Å². The van der Waals surface area contributed by atoms with E-state index in [9.17, 15) is 0 Å². The molecule has 0 aromatic rings. The standard InChI is InChI=1S/C15H29N3O/c1-3-5-16-11-14(2)12-17-6-4-15(13-17)18-7-9-19-10-8-18/h15-16H,2-13H2,1H3. The number of likely N-dealkylation sites (tertiary alicyclic amines) is 1. The van der Waals surface area contributed by atoms with Gasteiger partial charge in [0.25, 0.3) is 0 Å². The molecule has 2 saturated heterocycles. The van der Waals surface area contributed by atoms with Gasteiger partial charge in [-0.2, -0.15) is 0 Å². The lowest BCUT2D eigenvalue weighted by Gasteiger charge is -2.32. The maximum atomic E-state index is 5.43. The van der Waals surface area contributed by atoms with Crippen molar-refractivity contribution in [2.24, 2.45) is 0 Å². The van der Waals surface area contributed by atoms with Gasteiger partial charge in [-0.25, -0.2) is 0 Å². The number of nitrogens with one attached hydrogen (secondary N) is 1. The summed E-state index contributed by atoms with van der Waals surface area (Å²) < 4.78 is 5.43. The summed E-state index contributed by atoms with van der Waals surface area (Å²) in [5.41, 5.74) is 1.32. The van der Waals surface area contributed by atoms with E-state index in [1.165, 1.54) is 31.5 Å². The van der Waals surface area contributed by atoms with Crippen molar-refractivity contribution in [1.82, 2.24) is 15.1 Å². The minimum Gasteiger partial charge on any atom is -0.379 e. The summed E-state index contributed by atoms with van der Waals surface area (Å²) in [7, 11) is 0. The van der Waals surface area contributed by atoms with Crippen LogP contribution in [0.1, 0.15) is 19.8 Å². The quantitative estimate of drug-likeness (QED) is 0.549. The van der Waals surface area contributed by atoms with Crippen LogP contribution in [0.3, 0.4) is 0 Å². The Kier molecular flexibility index (Phi) is 6.31. The fourth-order valence-electron chi connectivity index (χ4n) is 3.01. The van der Waals surface area contributed by atoms with E-state index in [-0.39, 0.29) is 0 Å². The molecule has 2 aliphatic rings. The highest BCUT2D eigenvalue weighted by molar-refractivity contribution is 5.01. The van der Waals surface area contributed by atoms with Crippen molar-refractivity contribution in [2.75, 3.05) is 59.0 Å². The van der Waals surface area contributed by atoms with Crippen LogP contribution in [0.5, 0.6) is 0 Å². The highest BCUT2D eigenvalue weighted by Gasteiger charge is 2.28. The van der Waals surface area contributed by atoms with Crippen LogP contribution >= 0.6 is 0 Å². The Bertz CT molecular complexity index is 277. The van der Waals surface area contributed by atoms with E-state index < -0.39 is 0 Å². The number of rotatable bonds is 7. The summed E-state index contributed by atoms with van der Waals surface area (Å²) in [6.45, 7) is 15.9. The number of hydrogen-bond acceptors (Lipinski definition) is 4. The minimum atomic E-state index is 0.736. The van der Waals surface area contributed by atoms with Crippen LogP contribution in [0.2, 0.25) is 0 Å². The third-order valence-corrected chi connectivity index (χ3v) is 4.06. The lowest BCUT2D eigenvalue weighted by Crippen LogP contribution is -2.44. The van der Waals surface area contributed by atoms with Gasteiger partial charge in [0.1, 0.15) is 0 Å². The van der Waals surface area contributed by atoms with Crippen molar-refractivity contribution in [2.45, 2.75) is 25.8 Å². The Morgan fingerprint density at radius 3 is 2.84 bits per heavy atom. The number of nitrogens with zero attached hydrogens (tertiary/aromatic N) is 2. The number of morpholine rings is 1. The van der Waals surface area contributed by atoms with Crippen molar-refractivity contribution in [3.05, 3.63) is 12.2 Å². The molecule has 0 amide bonds. The zero-order valence-corrected chi connectivity index (χ0v) is 12.4. The molecule has 1 unspecified atom stereocenters. The summed E-state index contributed by atoms with van der Waals surface area (Å²) in [5, 5.41) is 3.43. The molecule has 2 fully saturated rings. The third kappa shape index (κ3) is 4.88. The zero-order chi connectivity index (χ0) is 13.5. The second-order valence-electron chi connectivity index (χ2n) is 5.75. The van der Waals surface area contributed by atoms with Crippen molar-refractivity contribution >= 4 is 0 Å². The molecular formula is C15H29N3O. The van der Waals surface area contributed by atoms with E-state index in [1.807, 2.05) is 0 Å². The lowest BCUT2D eigenvalue weighted by molar-refractivity contribution is 0.0187. The molecule has 0 aromatic heterocycles. The van der Waals surface area contributed by atoms with Gasteiger partial charge >= 0.3 is 0 Å². The molecule has 0 saturated carbocycles. The van der Waals surface area contributed by atoms with Crippen LogP contribution in [-0.4, -0.2) is 74.9 Å². The van der Waals surface area contributed by atoms with Gasteiger partial charge in [-0.1, -0.05) is 13.5 Å². The predicted octanol–water partition coefficient (Wildman–Crippen LogP) is 0.949. The van der Waals surface area contributed by atoms with Gasteiger partial charge in [0, 0.05) is 45.3 Å². The molecule has 2 rings (SSSR count). The normalized spacial score (nSPS) is 25.8. The fourth-order valence-corrected chi connectivity index (χ4v) is 3.01. The Morgan fingerprint density at radius 1 is 1.32 bits per heavy atom. The van der Waals surface area contributed by atoms with Crippen LogP contribution in [0.25, 0.3) is 0 Å². The molecule has 1 atom stereocenters. The first-order valence-corrected chi connectivity index (χ1v) is 7.71. The second-order valence-corrected chi connectivity index (χ2v) is 5.75. The molecule has 1 N–H and O–H groups in total. The van der Waals surface area contributed by atoms with Crippen molar-refractivity contribution in [1.29, 1.82) is 0 Å². The molecule has 0 aromatic carbocycles. The molecule has 0 radical (unpaired) electrons. The van der Waals surface area contributed by atoms with E-state index in [2.05, 4.69) is 28.6 Å². The van der Waals surface area contributed by atoms with Gasteiger partial charge in [-0.15, -0.1) is 0 Å². The van der Waals surface area contributed by atoms with E-state index in [0.717, 1.165) is 52.0 Å². The van der Waals surface area contributed by atoms with E-state index in [4.69, 9.17) is 4.74 Å². The average molecular weight is 267 g/mol. The number of hydrogen-bond donors (Lipinski definition) is 1. The average Bonchev–Trinajstić information content (AvgIpc) is 2.88. The second kappa shape index (κ2) is 8.00. The topological polar surface area (TPSA) is 27.7 Å². The van der Waals surface area contributed by atoms with Crippen LogP contribution in [0, 0.1) is 0 Å². The van der Waals surface area contributed by atoms with E-state index in [0.29, 0.717) is 0 Å². The van der Waals surface area contributed by atoms with Gasteiger partial charge in [0.05, 0.1) is 13.2 Å². The Balaban J connectivity index is 1.65.